The summed E-state index contributed by atoms with van der Waals surface area (Å²) in [5, 5.41) is 16.4. The van der Waals surface area contributed by atoms with Crippen molar-refractivity contribution < 1.29 is 17.9 Å². The second-order valence-electron chi connectivity index (χ2n) is 9.28. The van der Waals surface area contributed by atoms with Gasteiger partial charge >= 0.3 is 6.18 Å². The molecule has 40 heavy (non-hydrogen) atoms. The van der Waals surface area contributed by atoms with E-state index in [-0.39, 0.29) is 42.6 Å². The minimum atomic E-state index is -4.49. The van der Waals surface area contributed by atoms with Crippen molar-refractivity contribution in [3.8, 4) is 0 Å². The van der Waals surface area contributed by atoms with E-state index >= 15 is 0 Å². The summed E-state index contributed by atoms with van der Waals surface area (Å²) in [5.74, 6) is -0.450. The lowest BCUT2D eigenvalue weighted by molar-refractivity contribution is -0.137. The summed E-state index contributed by atoms with van der Waals surface area (Å²) < 4.78 is 45.3. The van der Waals surface area contributed by atoms with Crippen molar-refractivity contribution in [2.45, 2.75) is 25.2 Å². The van der Waals surface area contributed by atoms with Crippen LogP contribution in [0.25, 0.3) is 0 Å². The molecule has 204 valence electrons. The number of halogens is 3. The van der Waals surface area contributed by atoms with Gasteiger partial charge in [-0.25, -0.2) is 4.98 Å². The monoisotopic (exact) mass is 546 g/mol. The van der Waals surface area contributed by atoms with Gasteiger partial charge < -0.3 is 15.4 Å². The van der Waals surface area contributed by atoms with Crippen molar-refractivity contribution in [2.75, 3.05) is 12.3 Å². The lowest BCUT2D eigenvalue weighted by Crippen LogP contribution is -2.43. The van der Waals surface area contributed by atoms with E-state index in [2.05, 4.69) is 4.98 Å². The molecule has 5 rings (SSSR count). The Morgan fingerprint density at radius 1 is 0.925 bits per heavy atom. The van der Waals surface area contributed by atoms with Crippen molar-refractivity contribution in [2.24, 2.45) is 0 Å². The van der Waals surface area contributed by atoms with Crippen LogP contribution in [0.2, 0.25) is 0 Å². The van der Waals surface area contributed by atoms with Gasteiger partial charge in [-0.15, -0.1) is 0 Å². The molecule has 0 spiro atoms. The second kappa shape index (κ2) is 10.7. The average molecular weight is 547 g/mol. The minimum absolute atomic E-state index is 0.0215. The molecule has 0 aliphatic carbocycles. The lowest BCUT2D eigenvalue weighted by atomic mass is 9.97. The van der Waals surface area contributed by atoms with Crippen LogP contribution in [0.4, 0.5) is 19.1 Å². The second-order valence-corrected chi connectivity index (χ2v) is 9.28. The number of benzene rings is 3. The molecule has 1 aliphatic heterocycles. The van der Waals surface area contributed by atoms with Gasteiger partial charge in [0.1, 0.15) is 0 Å². The largest absolute Gasteiger partial charge is 0.416 e. The topological polar surface area (TPSA) is 121 Å². The number of amidine groups is 1. The SMILES string of the molecule is N=C(OC(=N)N1CCc2c(nc(N)n(C(c3ccccc3)c3ccccc3)c2=O)C1)c1ccc(C(F)(F)F)cc1. The maximum absolute atomic E-state index is 13.8. The van der Waals surface area contributed by atoms with Crippen LogP contribution in [0, 0.1) is 10.8 Å². The third kappa shape index (κ3) is 5.31. The number of alkyl halides is 3. The number of hydrogen-bond donors (Lipinski definition) is 3. The number of hydrogen-bond acceptors (Lipinski definition) is 6. The predicted octanol–water partition coefficient (Wildman–Crippen LogP) is 4.82. The molecule has 0 unspecified atom stereocenters. The number of anilines is 1. The molecule has 4 aromatic rings. The Labute approximate surface area is 227 Å². The number of fused-ring (bicyclic) bond motifs is 1. The molecule has 8 nitrogen and oxygen atoms in total. The standard InChI is InChI=1S/C29H25F3N6O2/c30-29(31,32)21-13-11-20(12-14-21)25(33)40-28(35)37-16-15-22-23(17-37)36-27(34)38(26(22)39)24(18-7-3-1-4-8-18)19-9-5-2-6-10-19/h1-14,24,33,35H,15-17H2,(H2,34,36). The van der Waals surface area contributed by atoms with Crippen molar-refractivity contribution >= 4 is 17.9 Å². The smallest absolute Gasteiger partial charge is 0.407 e. The van der Waals surface area contributed by atoms with Gasteiger partial charge in [0.2, 0.25) is 11.8 Å². The van der Waals surface area contributed by atoms with Crippen LogP contribution in [0.1, 0.15) is 39.6 Å². The predicted molar refractivity (Wildman–Crippen MR) is 144 cm³/mol. The van der Waals surface area contributed by atoms with Crippen LogP contribution in [-0.4, -0.2) is 32.9 Å². The normalized spacial score (nSPS) is 13.2. The van der Waals surface area contributed by atoms with E-state index in [0.717, 1.165) is 35.4 Å². The molecule has 0 saturated carbocycles. The third-order valence-electron chi connectivity index (χ3n) is 6.74. The van der Waals surface area contributed by atoms with E-state index < -0.39 is 23.7 Å². The fourth-order valence-electron chi connectivity index (χ4n) is 4.74. The summed E-state index contributed by atoms with van der Waals surface area (Å²) in [7, 11) is 0. The summed E-state index contributed by atoms with van der Waals surface area (Å²) in [4.78, 5) is 19.8. The summed E-state index contributed by atoms with van der Waals surface area (Å²) in [6.07, 6.45) is -4.23. The Morgan fingerprint density at radius 3 is 2.05 bits per heavy atom. The first kappa shape index (κ1) is 26.7. The van der Waals surface area contributed by atoms with E-state index in [1.165, 1.54) is 9.47 Å². The van der Waals surface area contributed by atoms with E-state index in [9.17, 15) is 18.0 Å². The van der Waals surface area contributed by atoms with Gasteiger partial charge in [-0.1, -0.05) is 60.7 Å². The van der Waals surface area contributed by atoms with Gasteiger partial charge in [0, 0.05) is 17.7 Å². The molecule has 11 heteroatoms. The number of rotatable bonds is 4. The molecule has 1 aliphatic rings. The summed E-state index contributed by atoms with van der Waals surface area (Å²) in [5.41, 5.74) is 7.98. The molecule has 0 amide bonds. The van der Waals surface area contributed by atoms with Crippen LogP contribution in [0.5, 0.6) is 0 Å². The Hall–Kier alpha value is -4.93. The van der Waals surface area contributed by atoms with E-state index in [1.807, 2.05) is 60.7 Å². The molecule has 0 saturated heterocycles. The zero-order chi connectivity index (χ0) is 28.4. The Balaban J connectivity index is 1.38. The zero-order valence-electron chi connectivity index (χ0n) is 21.2. The highest BCUT2D eigenvalue weighted by Gasteiger charge is 2.31. The van der Waals surface area contributed by atoms with E-state index in [0.29, 0.717) is 11.3 Å². The maximum atomic E-state index is 13.8. The molecule has 2 heterocycles. The highest BCUT2D eigenvalue weighted by atomic mass is 19.4. The van der Waals surface area contributed by atoms with Crippen molar-refractivity contribution in [1.82, 2.24) is 14.5 Å². The number of aromatic nitrogens is 2. The number of nitrogens with one attached hydrogen (secondary N) is 2. The fraction of sp³-hybridized carbons (Fsp3) is 0.172. The lowest BCUT2D eigenvalue weighted by Gasteiger charge is -2.30. The van der Waals surface area contributed by atoms with Gasteiger partial charge in [0.25, 0.3) is 11.6 Å². The van der Waals surface area contributed by atoms with Gasteiger partial charge in [0.15, 0.2) is 0 Å². The number of ether oxygens (including phenoxy) is 1. The Morgan fingerprint density at radius 2 is 1.50 bits per heavy atom. The molecular weight excluding hydrogens is 521 g/mol. The molecule has 1 aromatic heterocycles. The highest BCUT2D eigenvalue weighted by Crippen LogP contribution is 2.30. The van der Waals surface area contributed by atoms with Crippen LogP contribution >= 0.6 is 0 Å². The summed E-state index contributed by atoms with van der Waals surface area (Å²) >= 11 is 0. The summed E-state index contributed by atoms with van der Waals surface area (Å²) in [6, 6.07) is 22.1. The van der Waals surface area contributed by atoms with Crippen LogP contribution in [0.3, 0.4) is 0 Å². The van der Waals surface area contributed by atoms with Gasteiger partial charge in [-0.3, -0.25) is 20.2 Å². The fourth-order valence-corrected chi connectivity index (χ4v) is 4.74. The van der Waals surface area contributed by atoms with Gasteiger partial charge in [-0.05, 0) is 41.8 Å². The van der Waals surface area contributed by atoms with Crippen molar-refractivity contribution in [3.05, 3.63) is 129 Å². The van der Waals surface area contributed by atoms with Crippen LogP contribution in [0.15, 0.2) is 89.7 Å². The molecule has 0 radical (unpaired) electrons. The molecule has 0 fully saturated rings. The first-order chi connectivity index (χ1) is 19.1. The summed E-state index contributed by atoms with van der Waals surface area (Å²) in [6.45, 7) is 0.296. The van der Waals surface area contributed by atoms with Gasteiger partial charge in [0.05, 0.1) is 23.8 Å². The zero-order valence-corrected chi connectivity index (χ0v) is 21.2. The molecule has 0 atom stereocenters. The average Bonchev–Trinajstić information content (AvgIpc) is 2.95. The Bertz CT molecular complexity index is 1560. The first-order valence-corrected chi connectivity index (χ1v) is 12.4. The number of nitrogens with zero attached hydrogens (tertiary/aromatic N) is 3. The van der Waals surface area contributed by atoms with Crippen LogP contribution < -0.4 is 11.3 Å². The third-order valence-corrected chi connectivity index (χ3v) is 6.74. The van der Waals surface area contributed by atoms with Crippen molar-refractivity contribution in [3.63, 3.8) is 0 Å². The number of nitrogen functional groups attached to an aromatic ring is 1. The van der Waals surface area contributed by atoms with E-state index in [1.54, 1.807) is 0 Å². The Kier molecular flexibility index (Phi) is 7.12. The molecule has 3 aromatic carbocycles. The molecule has 0 bridgehead atoms. The quantitative estimate of drug-likeness (QED) is 0.250. The van der Waals surface area contributed by atoms with E-state index in [4.69, 9.17) is 21.3 Å². The maximum Gasteiger partial charge on any atom is 0.416 e. The van der Waals surface area contributed by atoms with Crippen molar-refractivity contribution in [1.29, 1.82) is 10.8 Å². The first-order valence-electron chi connectivity index (χ1n) is 12.4. The molecular formula is C29H25F3N6O2. The van der Waals surface area contributed by atoms with Crippen LogP contribution in [-0.2, 0) is 23.9 Å². The van der Waals surface area contributed by atoms with Gasteiger partial charge in [-0.2, -0.15) is 13.2 Å². The number of nitrogens with two attached hydrogens (primary N) is 1. The molecule has 4 N–H and O–H groups in total. The minimum Gasteiger partial charge on any atom is -0.407 e. The highest BCUT2D eigenvalue weighted by molar-refractivity contribution is 5.98.